The first-order chi connectivity index (χ1) is 20.2. The number of benzene rings is 4. The molecule has 2 amide bonds. The molecule has 0 unspecified atom stereocenters. The third-order valence-corrected chi connectivity index (χ3v) is 8.51. The van der Waals surface area contributed by atoms with E-state index in [2.05, 4.69) is 10.6 Å². The van der Waals surface area contributed by atoms with Gasteiger partial charge in [0.25, 0.3) is 0 Å². The summed E-state index contributed by atoms with van der Waals surface area (Å²) in [5.74, 6) is -0.164. The number of aryl methyl sites for hydroxylation is 2. The number of rotatable bonds is 14. The molecule has 0 radical (unpaired) electrons. The van der Waals surface area contributed by atoms with E-state index < -0.39 is 26.3 Å². The summed E-state index contributed by atoms with van der Waals surface area (Å²) < 4.78 is 60.2. The fourth-order valence-electron chi connectivity index (χ4n) is 4.12. The van der Waals surface area contributed by atoms with Gasteiger partial charge in [-0.2, -0.15) is 16.8 Å². The third kappa shape index (κ3) is 10.6. The Hall–Kier alpha value is -4.35. The highest BCUT2D eigenvalue weighted by atomic mass is 32.2. The number of nitrogens with one attached hydrogen (secondary N) is 2. The fraction of sp³-hybridized carbons (Fsp3) is 0.194. The average Bonchev–Trinajstić information content (AvgIpc) is 2.94. The monoisotopic (exact) mass is 608 g/mol. The van der Waals surface area contributed by atoms with E-state index in [4.69, 9.17) is 8.37 Å². The molecule has 0 heterocycles. The SMILES string of the molecule is O=C(Nc1cccc(OS(=O)(=O)CCCc2ccccc2)c1)Nc1cccc(OS(=O)(=O)CCCc2ccccc2)c1. The number of hydrogen-bond acceptors (Lipinski definition) is 7. The molecular formula is C31H32N2O7S2. The molecule has 220 valence electrons. The zero-order valence-electron chi connectivity index (χ0n) is 22.8. The van der Waals surface area contributed by atoms with Gasteiger partial charge in [0.15, 0.2) is 0 Å². The van der Waals surface area contributed by atoms with Crippen molar-refractivity contribution in [3.05, 3.63) is 120 Å². The molecule has 0 aliphatic carbocycles. The number of urea groups is 1. The van der Waals surface area contributed by atoms with E-state index in [9.17, 15) is 21.6 Å². The highest BCUT2D eigenvalue weighted by Crippen LogP contribution is 2.22. The van der Waals surface area contributed by atoms with Crippen molar-refractivity contribution >= 4 is 37.6 Å². The number of amides is 2. The molecule has 4 aromatic carbocycles. The molecule has 42 heavy (non-hydrogen) atoms. The van der Waals surface area contributed by atoms with Crippen molar-refractivity contribution in [1.82, 2.24) is 0 Å². The first-order valence-electron chi connectivity index (χ1n) is 13.4. The quantitative estimate of drug-likeness (QED) is 0.168. The number of hydrogen-bond donors (Lipinski definition) is 2. The van der Waals surface area contributed by atoms with Crippen LogP contribution in [0.15, 0.2) is 109 Å². The van der Waals surface area contributed by atoms with Crippen LogP contribution in [0.5, 0.6) is 11.5 Å². The van der Waals surface area contributed by atoms with E-state index in [1.807, 2.05) is 60.7 Å². The topological polar surface area (TPSA) is 128 Å². The van der Waals surface area contributed by atoms with Gasteiger partial charge in [0.2, 0.25) is 0 Å². The predicted molar refractivity (Wildman–Crippen MR) is 164 cm³/mol. The Labute approximate surface area is 246 Å². The lowest BCUT2D eigenvalue weighted by molar-refractivity contribution is 0.262. The summed E-state index contributed by atoms with van der Waals surface area (Å²) in [7, 11) is -7.66. The Balaban J connectivity index is 1.26. The summed E-state index contributed by atoms with van der Waals surface area (Å²) in [6.07, 6.45) is 2.03. The second-order valence-electron chi connectivity index (χ2n) is 9.50. The molecule has 0 bridgehead atoms. The molecule has 0 saturated carbocycles. The maximum absolute atomic E-state index is 12.6. The van der Waals surface area contributed by atoms with Gasteiger partial charge >= 0.3 is 26.3 Å². The molecule has 4 rings (SSSR count). The van der Waals surface area contributed by atoms with Crippen LogP contribution in [0.3, 0.4) is 0 Å². The predicted octanol–water partition coefficient (Wildman–Crippen LogP) is 6.01. The van der Waals surface area contributed by atoms with Crippen LogP contribution in [0, 0.1) is 0 Å². The minimum Gasteiger partial charge on any atom is -0.382 e. The van der Waals surface area contributed by atoms with Gasteiger partial charge in [0.1, 0.15) is 11.5 Å². The van der Waals surface area contributed by atoms with E-state index in [1.54, 1.807) is 24.3 Å². The molecule has 0 aromatic heterocycles. The standard InChI is InChI=1S/C31H32N2O7S2/c34-31(32-27-17-7-19-29(23-27)39-41(35,36)21-9-15-25-11-3-1-4-12-25)33-28-18-8-20-30(24-28)40-42(37,38)22-10-16-26-13-5-2-6-14-26/h1-8,11-14,17-20,23-24H,9-10,15-16,21-22H2,(H2,32,33,34). The minimum atomic E-state index is -3.83. The zero-order chi connectivity index (χ0) is 29.8. The third-order valence-electron chi connectivity index (χ3n) is 6.04. The van der Waals surface area contributed by atoms with Crippen molar-refractivity contribution in [3.63, 3.8) is 0 Å². The van der Waals surface area contributed by atoms with Crippen LogP contribution in [0.2, 0.25) is 0 Å². The molecule has 0 saturated heterocycles. The van der Waals surface area contributed by atoms with Crippen LogP contribution in [-0.2, 0) is 33.1 Å². The molecule has 11 heteroatoms. The van der Waals surface area contributed by atoms with E-state index in [-0.39, 0.29) is 23.0 Å². The Morgan fingerprint density at radius 1 is 0.548 bits per heavy atom. The van der Waals surface area contributed by atoms with Gasteiger partial charge in [0.05, 0.1) is 11.5 Å². The smallest absolute Gasteiger partial charge is 0.323 e. The Morgan fingerprint density at radius 3 is 1.36 bits per heavy atom. The molecule has 2 N–H and O–H groups in total. The van der Waals surface area contributed by atoms with Crippen LogP contribution in [0.4, 0.5) is 16.2 Å². The van der Waals surface area contributed by atoms with Crippen molar-refractivity contribution in [2.75, 3.05) is 22.1 Å². The summed E-state index contributed by atoms with van der Waals surface area (Å²) in [4.78, 5) is 12.6. The van der Waals surface area contributed by atoms with Gasteiger partial charge in [-0.15, -0.1) is 0 Å². The average molecular weight is 609 g/mol. The Morgan fingerprint density at radius 2 is 0.952 bits per heavy atom. The van der Waals surface area contributed by atoms with Crippen LogP contribution >= 0.6 is 0 Å². The fourth-order valence-corrected chi connectivity index (χ4v) is 6.07. The number of anilines is 2. The summed E-state index contributed by atoms with van der Waals surface area (Å²) in [6.45, 7) is 0. The number of carbonyl (C=O) groups excluding carboxylic acids is 1. The Kier molecular flexibility index (Phi) is 10.6. The van der Waals surface area contributed by atoms with Crippen LogP contribution in [0.1, 0.15) is 24.0 Å². The maximum Gasteiger partial charge on any atom is 0.323 e. The molecule has 0 spiro atoms. The van der Waals surface area contributed by atoms with Crippen LogP contribution < -0.4 is 19.0 Å². The van der Waals surface area contributed by atoms with Gasteiger partial charge < -0.3 is 19.0 Å². The van der Waals surface area contributed by atoms with E-state index >= 15 is 0 Å². The van der Waals surface area contributed by atoms with Crippen LogP contribution in [-0.4, -0.2) is 34.4 Å². The summed E-state index contributed by atoms with van der Waals surface area (Å²) in [6, 6.07) is 30.6. The van der Waals surface area contributed by atoms with E-state index in [0.29, 0.717) is 37.1 Å². The van der Waals surface area contributed by atoms with Crippen LogP contribution in [0.25, 0.3) is 0 Å². The van der Waals surface area contributed by atoms with Crippen molar-refractivity contribution in [1.29, 1.82) is 0 Å². The van der Waals surface area contributed by atoms with Gasteiger partial charge in [0, 0.05) is 23.5 Å². The zero-order valence-corrected chi connectivity index (χ0v) is 24.4. The highest BCUT2D eigenvalue weighted by molar-refractivity contribution is 7.87. The molecule has 0 fully saturated rings. The van der Waals surface area contributed by atoms with E-state index in [0.717, 1.165) is 11.1 Å². The lowest BCUT2D eigenvalue weighted by Gasteiger charge is -2.11. The first kappa shape index (κ1) is 30.6. The second kappa shape index (κ2) is 14.5. The molecule has 4 aromatic rings. The second-order valence-corrected chi connectivity index (χ2v) is 12.9. The normalized spacial score (nSPS) is 11.4. The highest BCUT2D eigenvalue weighted by Gasteiger charge is 2.15. The lowest BCUT2D eigenvalue weighted by atomic mass is 10.1. The van der Waals surface area contributed by atoms with E-state index in [1.165, 1.54) is 24.3 Å². The minimum absolute atomic E-state index is 0.0698. The van der Waals surface area contributed by atoms with Gasteiger partial charge in [-0.25, -0.2) is 4.79 Å². The molecule has 0 atom stereocenters. The lowest BCUT2D eigenvalue weighted by Crippen LogP contribution is -2.20. The van der Waals surface area contributed by atoms with Crippen molar-refractivity contribution in [2.24, 2.45) is 0 Å². The van der Waals surface area contributed by atoms with Crippen molar-refractivity contribution in [2.45, 2.75) is 25.7 Å². The summed E-state index contributed by atoms with van der Waals surface area (Å²) >= 11 is 0. The van der Waals surface area contributed by atoms with Crippen molar-refractivity contribution in [3.8, 4) is 11.5 Å². The largest absolute Gasteiger partial charge is 0.382 e. The van der Waals surface area contributed by atoms with Gasteiger partial charge in [-0.05, 0) is 61.1 Å². The summed E-state index contributed by atoms with van der Waals surface area (Å²) in [5.41, 5.74) is 2.70. The maximum atomic E-state index is 12.6. The Bertz CT molecular complexity index is 1550. The molecule has 0 aliphatic rings. The number of carbonyl (C=O) groups is 1. The van der Waals surface area contributed by atoms with Gasteiger partial charge in [-0.1, -0.05) is 72.8 Å². The first-order valence-corrected chi connectivity index (χ1v) is 16.5. The summed E-state index contributed by atoms with van der Waals surface area (Å²) in [5, 5.41) is 5.22. The molecule has 9 nitrogen and oxygen atoms in total. The van der Waals surface area contributed by atoms with Crippen molar-refractivity contribution < 1.29 is 30.0 Å². The van der Waals surface area contributed by atoms with Gasteiger partial charge in [-0.3, -0.25) is 0 Å². The molecular weight excluding hydrogens is 576 g/mol. The molecule has 0 aliphatic heterocycles.